The van der Waals surface area contributed by atoms with Crippen molar-refractivity contribution >= 4 is 56.4 Å². The molecule has 0 spiro atoms. The van der Waals surface area contributed by atoms with Gasteiger partial charge >= 0.3 is 0 Å². The number of aromatic nitrogens is 1. The van der Waals surface area contributed by atoms with E-state index in [1.807, 2.05) is 60.7 Å². The minimum atomic E-state index is -0.702. The average Bonchev–Trinajstić information content (AvgIpc) is 3.40. The standard InChI is InChI=1S/C25H25BrN6OS/c26-21-13-12-20(16-28-21)30-25(34)31-22(17-6-2-1-3-7-17)24(33)29-19-10-8-18(9-11-19)23(27)32-14-4-5-15-32/h1-3,6-13,16,22,27H,4-5,14-15H2,(H,29,33)(H2,30,31,34). The highest BCUT2D eigenvalue weighted by atomic mass is 79.9. The highest BCUT2D eigenvalue weighted by Crippen LogP contribution is 2.19. The molecular formula is C25H25BrN6OS. The molecule has 2 heterocycles. The maximum absolute atomic E-state index is 13.2. The number of amides is 1. The number of amidine groups is 1. The Morgan fingerprint density at radius 1 is 0.971 bits per heavy atom. The third-order valence-electron chi connectivity index (χ3n) is 5.50. The van der Waals surface area contributed by atoms with Gasteiger partial charge in [-0.3, -0.25) is 10.2 Å². The van der Waals surface area contributed by atoms with Crippen LogP contribution >= 0.6 is 28.1 Å². The van der Waals surface area contributed by atoms with Gasteiger partial charge in [0.15, 0.2) is 5.11 Å². The molecule has 1 amide bonds. The molecule has 3 aromatic rings. The van der Waals surface area contributed by atoms with Gasteiger partial charge in [-0.25, -0.2) is 4.98 Å². The molecule has 7 nitrogen and oxygen atoms in total. The molecule has 0 saturated carbocycles. The van der Waals surface area contributed by atoms with E-state index >= 15 is 0 Å². The molecule has 2 aromatic carbocycles. The van der Waals surface area contributed by atoms with E-state index in [-0.39, 0.29) is 5.91 Å². The van der Waals surface area contributed by atoms with Crippen molar-refractivity contribution in [3.8, 4) is 0 Å². The fraction of sp³-hybridized carbons (Fsp3) is 0.200. The molecule has 1 saturated heterocycles. The molecule has 1 aliphatic rings. The van der Waals surface area contributed by atoms with Gasteiger partial charge in [-0.2, -0.15) is 0 Å². The molecule has 0 aliphatic carbocycles. The summed E-state index contributed by atoms with van der Waals surface area (Å²) in [5.41, 5.74) is 2.99. The van der Waals surface area contributed by atoms with Gasteiger partial charge in [0.05, 0.1) is 11.9 Å². The Balaban J connectivity index is 1.44. The lowest BCUT2D eigenvalue weighted by atomic mass is 10.1. The third-order valence-corrected chi connectivity index (χ3v) is 6.19. The van der Waals surface area contributed by atoms with Crippen molar-refractivity contribution in [1.29, 1.82) is 5.41 Å². The SMILES string of the molecule is N=C(c1ccc(NC(=O)C(NC(=S)Nc2ccc(Br)nc2)c2ccccc2)cc1)N1CCCC1. The van der Waals surface area contributed by atoms with E-state index in [1.54, 1.807) is 12.3 Å². The number of anilines is 2. The van der Waals surface area contributed by atoms with E-state index in [1.165, 1.54) is 0 Å². The van der Waals surface area contributed by atoms with Crippen molar-refractivity contribution in [3.05, 3.63) is 88.7 Å². The summed E-state index contributed by atoms with van der Waals surface area (Å²) in [7, 11) is 0. The van der Waals surface area contributed by atoms with Crippen molar-refractivity contribution in [2.45, 2.75) is 18.9 Å². The fourth-order valence-corrected chi connectivity index (χ4v) is 4.21. The maximum Gasteiger partial charge on any atom is 0.251 e. The van der Waals surface area contributed by atoms with Gasteiger partial charge in [0, 0.05) is 24.3 Å². The van der Waals surface area contributed by atoms with Gasteiger partial charge in [0.2, 0.25) is 0 Å². The Labute approximate surface area is 212 Å². The summed E-state index contributed by atoms with van der Waals surface area (Å²) in [4.78, 5) is 19.5. The van der Waals surface area contributed by atoms with Crippen LogP contribution in [0.3, 0.4) is 0 Å². The second-order valence-electron chi connectivity index (χ2n) is 7.92. The van der Waals surface area contributed by atoms with E-state index in [0.717, 1.165) is 41.7 Å². The highest BCUT2D eigenvalue weighted by molar-refractivity contribution is 9.10. The van der Waals surface area contributed by atoms with Crippen molar-refractivity contribution in [2.24, 2.45) is 0 Å². The molecule has 1 fully saturated rings. The number of nitrogens with one attached hydrogen (secondary N) is 4. The predicted molar refractivity (Wildman–Crippen MR) is 143 cm³/mol. The summed E-state index contributed by atoms with van der Waals surface area (Å²) in [6, 6.07) is 19.7. The van der Waals surface area contributed by atoms with Gasteiger partial charge < -0.3 is 20.9 Å². The van der Waals surface area contributed by atoms with Crippen LogP contribution in [0.15, 0.2) is 77.5 Å². The van der Waals surface area contributed by atoms with Crippen LogP contribution in [0.1, 0.15) is 30.0 Å². The molecule has 1 unspecified atom stereocenters. The zero-order chi connectivity index (χ0) is 23.9. The molecule has 4 rings (SSSR count). The number of likely N-dealkylation sites (tertiary alicyclic amines) is 1. The molecular weight excluding hydrogens is 512 g/mol. The lowest BCUT2D eigenvalue weighted by Crippen LogP contribution is -2.39. The van der Waals surface area contributed by atoms with Gasteiger partial charge in [0.1, 0.15) is 16.5 Å². The first-order valence-corrected chi connectivity index (χ1v) is 12.2. The zero-order valence-electron chi connectivity index (χ0n) is 18.4. The number of rotatable bonds is 6. The maximum atomic E-state index is 13.2. The number of hydrogen-bond donors (Lipinski definition) is 4. The van der Waals surface area contributed by atoms with Crippen LogP contribution in [0.25, 0.3) is 0 Å². The Morgan fingerprint density at radius 3 is 2.29 bits per heavy atom. The predicted octanol–water partition coefficient (Wildman–Crippen LogP) is 4.93. The lowest BCUT2D eigenvalue weighted by molar-refractivity contribution is -0.117. The molecule has 34 heavy (non-hydrogen) atoms. The summed E-state index contributed by atoms with van der Waals surface area (Å²) in [5.74, 6) is 0.282. The Bertz CT molecular complexity index is 1150. The molecule has 174 valence electrons. The van der Waals surface area contributed by atoms with E-state index < -0.39 is 6.04 Å². The third kappa shape index (κ3) is 6.18. The number of hydrogen-bond acceptors (Lipinski definition) is 4. The van der Waals surface area contributed by atoms with Crippen molar-refractivity contribution in [3.63, 3.8) is 0 Å². The van der Waals surface area contributed by atoms with Crippen LogP contribution in [0, 0.1) is 5.41 Å². The van der Waals surface area contributed by atoms with E-state index in [0.29, 0.717) is 22.3 Å². The van der Waals surface area contributed by atoms with Crippen LogP contribution in [0.4, 0.5) is 11.4 Å². The van der Waals surface area contributed by atoms with Crippen LogP contribution < -0.4 is 16.0 Å². The van der Waals surface area contributed by atoms with Crippen LogP contribution in [0.2, 0.25) is 0 Å². The van der Waals surface area contributed by atoms with Crippen molar-refractivity contribution < 1.29 is 4.79 Å². The molecule has 0 bridgehead atoms. The van der Waals surface area contributed by atoms with Crippen LogP contribution in [0.5, 0.6) is 0 Å². The minimum Gasteiger partial charge on any atom is -0.357 e. The van der Waals surface area contributed by atoms with Gasteiger partial charge in [-0.05, 0) is 83.0 Å². The molecule has 4 N–H and O–H groups in total. The highest BCUT2D eigenvalue weighted by Gasteiger charge is 2.22. The second-order valence-corrected chi connectivity index (χ2v) is 9.14. The quantitative estimate of drug-likeness (QED) is 0.154. The van der Waals surface area contributed by atoms with Gasteiger partial charge in [0.25, 0.3) is 5.91 Å². The van der Waals surface area contributed by atoms with Crippen LogP contribution in [-0.4, -0.2) is 39.8 Å². The monoisotopic (exact) mass is 536 g/mol. The first kappa shape index (κ1) is 23.8. The normalized spacial score (nSPS) is 13.7. The fourth-order valence-electron chi connectivity index (χ4n) is 3.74. The van der Waals surface area contributed by atoms with E-state index in [2.05, 4.69) is 41.8 Å². The summed E-state index contributed by atoms with van der Waals surface area (Å²) in [6.07, 6.45) is 3.90. The summed E-state index contributed by atoms with van der Waals surface area (Å²) < 4.78 is 0.722. The lowest BCUT2D eigenvalue weighted by Gasteiger charge is -2.21. The first-order valence-electron chi connectivity index (χ1n) is 11.0. The number of carbonyl (C=O) groups is 1. The Morgan fingerprint density at radius 2 is 1.65 bits per heavy atom. The number of pyridine rings is 1. The van der Waals surface area contributed by atoms with E-state index in [4.69, 9.17) is 17.6 Å². The number of carbonyl (C=O) groups excluding carboxylic acids is 1. The topological polar surface area (TPSA) is 93.1 Å². The molecule has 1 aromatic heterocycles. The average molecular weight is 537 g/mol. The summed E-state index contributed by atoms with van der Waals surface area (Å²) in [5, 5.41) is 17.8. The molecule has 9 heteroatoms. The number of benzene rings is 2. The van der Waals surface area contributed by atoms with Gasteiger partial charge in [-0.15, -0.1) is 0 Å². The van der Waals surface area contributed by atoms with Crippen molar-refractivity contribution in [1.82, 2.24) is 15.2 Å². The summed E-state index contributed by atoms with van der Waals surface area (Å²) >= 11 is 8.77. The number of thiocarbonyl (C=S) groups is 1. The number of halogens is 1. The Kier molecular flexibility index (Phi) is 7.87. The first-order chi connectivity index (χ1) is 16.5. The Hall–Kier alpha value is -3.30. The van der Waals surface area contributed by atoms with Crippen LogP contribution in [-0.2, 0) is 4.79 Å². The molecule has 1 atom stereocenters. The summed E-state index contributed by atoms with van der Waals surface area (Å²) in [6.45, 7) is 1.85. The van der Waals surface area contributed by atoms with Gasteiger partial charge in [-0.1, -0.05) is 30.3 Å². The zero-order valence-corrected chi connectivity index (χ0v) is 20.8. The second kappa shape index (κ2) is 11.2. The minimum absolute atomic E-state index is 0.244. The number of nitrogens with zero attached hydrogens (tertiary/aromatic N) is 2. The smallest absolute Gasteiger partial charge is 0.251 e. The molecule has 0 radical (unpaired) electrons. The van der Waals surface area contributed by atoms with Crippen molar-refractivity contribution in [2.75, 3.05) is 23.7 Å². The van der Waals surface area contributed by atoms with E-state index in [9.17, 15) is 4.79 Å². The molecule has 1 aliphatic heterocycles. The largest absolute Gasteiger partial charge is 0.357 e.